The van der Waals surface area contributed by atoms with Crippen molar-refractivity contribution in [3.8, 4) is 5.75 Å². The predicted octanol–water partition coefficient (Wildman–Crippen LogP) is 2.68. The lowest BCUT2D eigenvalue weighted by Crippen LogP contribution is -2.42. The summed E-state index contributed by atoms with van der Waals surface area (Å²) in [7, 11) is 0. The minimum atomic E-state index is -0.359. The van der Waals surface area contributed by atoms with Crippen LogP contribution in [0.25, 0.3) is 0 Å². The fourth-order valence-corrected chi connectivity index (χ4v) is 2.05. The van der Waals surface area contributed by atoms with E-state index in [1.165, 1.54) is 0 Å². The zero-order chi connectivity index (χ0) is 15.8. The summed E-state index contributed by atoms with van der Waals surface area (Å²) >= 11 is 3.34. The Balaban J connectivity index is 1.69. The first-order chi connectivity index (χ1) is 10.6. The smallest absolute Gasteiger partial charge is 0.269 e. The normalized spacial score (nSPS) is 9.86. The molecule has 2 aromatic carbocycles. The van der Waals surface area contributed by atoms with Crippen LogP contribution in [0.5, 0.6) is 5.75 Å². The van der Waals surface area contributed by atoms with E-state index in [2.05, 4.69) is 26.8 Å². The summed E-state index contributed by atoms with van der Waals surface area (Å²) in [6, 6.07) is 16.0. The maximum absolute atomic E-state index is 11.7. The number of rotatable bonds is 5. The van der Waals surface area contributed by atoms with Gasteiger partial charge in [-0.15, -0.1) is 0 Å². The van der Waals surface area contributed by atoms with Crippen molar-refractivity contribution < 1.29 is 14.3 Å². The molecule has 0 aliphatic rings. The Hall–Kier alpha value is -2.34. The number of ether oxygens (including phenoxy) is 1. The Kier molecular flexibility index (Phi) is 5.97. The molecule has 0 fully saturated rings. The topological polar surface area (TPSA) is 67.4 Å². The number of carbonyl (C=O) groups excluding carboxylic acids is 2. The lowest BCUT2D eigenvalue weighted by Gasteiger charge is -2.08. The summed E-state index contributed by atoms with van der Waals surface area (Å²) in [6.07, 6.45) is 0.140. The first-order valence-corrected chi connectivity index (χ1v) is 7.47. The highest BCUT2D eigenvalue weighted by atomic mass is 79.9. The molecule has 0 heterocycles. The molecular formula is C16H15BrN2O3. The van der Waals surface area contributed by atoms with Gasteiger partial charge in [-0.05, 0) is 30.3 Å². The van der Waals surface area contributed by atoms with Gasteiger partial charge in [0.25, 0.3) is 5.91 Å². The fourth-order valence-electron chi connectivity index (χ4n) is 1.67. The molecule has 0 radical (unpaired) electrons. The molecule has 0 unspecified atom stereocenters. The van der Waals surface area contributed by atoms with Gasteiger partial charge in [-0.25, -0.2) is 0 Å². The maximum atomic E-state index is 11.7. The second-order valence-corrected chi connectivity index (χ2v) is 5.34. The van der Waals surface area contributed by atoms with Crippen LogP contribution in [0.15, 0.2) is 59.1 Å². The van der Waals surface area contributed by atoms with Crippen molar-refractivity contribution in [1.29, 1.82) is 0 Å². The standard InChI is InChI=1S/C16H15BrN2O3/c17-13-7-4-8-14(11-13)22-10-9-15(20)18-19-16(21)12-5-2-1-3-6-12/h1-8,11H,9-10H2,(H,18,20)(H,19,21). The Morgan fingerprint density at radius 3 is 2.50 bits per heavy atom. The number of hydrogen-bond acceptors (Lipinski definition) is 3. The van der Waals surface area contributed by atoms with Crippen molar-refractivity contribution in [2.75, 3.05) is 6.61 Å². The van der Waals surface area contributed by atoms with Crippen LogP contribution >= 0.6 is 15.9 Å². The number of hydrogen-bond donors (Lipinski definition) is 2. The first kappa shape index (κ1) is 16.0. The van der Waals surface area contributed by atoms with Crippen molar-refractivity contribution in [2.45, 2.75) is 6.42 Å². The van der Waals surface area contributed by atoms with E-state index in [-0.39, 0.29) is 24.8 Å². The second-order valence-electron chi connectivity index (χ2n) is 4.42. The lowest BCUT2D eigenvalue weighted by molar-refractivity contribution is -0.122. The van der Waals surface area contributed by atoms with Crippen molar-refractivity contribution in [2.24, 2.45) is 0 Å². The van der Waals surface area contributed by atoms with E-state index in [1.807, 2.05) is 24.3 Å². The van der Waals surface area contributed by atoms with Gasteiger partial charge >= 0.3 is 0 Å². The molecule has 0 saturated carbocycles. The Morgan fingerprint density at radius 2 is 1.77 bits per heavy atom. The summed E-state index contributed by atoms with van der Waals surface area (Å²) in [5.41, 5.74) is 5.19. The fraction of sp³-hybridized carbons (Fsp3) is 0.125. The van der Waals surface area contributed by atoms with Gasteiger partial charge in [0, 0.05) is 10.0 Å². The van der Waals surface area contributed by atoms with E-state index in [9.17, 15) is 9.59 Å². The van der Waals surface area contributed by atoms with Gasteiger partial charge in [0.05, 0.1) is 13.0 Å². The Labute approximate surface area is 136 Å². The maximum Gasteiger partial charge on any atom is 0.269 e. The van der Waals surface area contributed by atoms with Gasteiger partial charge in [0.1, 0.15) is 5.75 Å². The summed E-state index contributed by atoms with van der Waals surface area (Å²) in [5.74, 6) is -0.00312. The van der Waals surface area contributed by atoms with Gasteiger partial charge in [0.15, 0.2) is 0 Å². The summed E-state index contributed by atoms with van der Waals surface area (Å²) < 4.78 is 6.35. The van der Waals surface area contributed by atoms with E-state index in [4.69, 9.17) is 4.74 Å². The SMILES string of the molecule is O=C(CCOc1cccc(Br)c1)NNC(=O)c1ccccc1. The monoisotopic (exact) mass is 362 g/mol. The Bertz CT molecular complexity index is 647. The van der Waals surface area contributed by atoms with Crippen LogP contribution in [0, 0.1) is 0 Å². The van der Waals surface area contributed by atoms with E-state index in [1.54, 1.807) is 30.3 Å². The molecule has 6 heteroatoms. The molecule has 0 saturated heterocycles. The van der Waals surface area contributed by atoms with Crippen molar-refractivity contribution in [3.63, 3.8) is 0 Å². The minimum absolute atomic E-state index is 0.140. The van der Waals surface area contributed by atoms with Crippen LogP contribution in [-0.2, 0) is 4.79 Å². The highest BCUT2D eigenvalue weighted by Crippen LogP contribution is 2.17. The average molecular weight is 363 g/mol. The molecule has 0 spiro atoms. The van der Waals surface area contributed by atoms with Gasteiger partial charge < -0.3 is 4.74 Å². The summed E-state index contributed by atoms with van der Waals surface area (Å²) in [4.78, 5) is 23.3. The first-order valence-electron chi connectivity index (χ1n) is 6.68. The summed E-state index contributed by atoms with van der Waals surface area (Å²) in [6.45, 7) is 0.226. The number of hydrazine groups is 1. The molecule has 22 heavy (non-hydrogen) atoms. The van der Waals surface area contributed by atoms with E-state index < -0.39 is 0 Å². The van der Waals surface area contributed by atoms with E-state index in [0.717, 1.165) is 4.47 Å². The number of nitrogens with one attached hydrogen (secondary N) is 2. The molecule has 0 aromatic heterocycles. The molecule has 114 valence electrons. The van der Waals surface area contributed by atoms with Crippen molar-refractivity contribution in [1.82, 2.24) is 10.9 Å². The van der Waals surface area contributed by atoms with Crippen molar-refractivity contribution >= 4 is 27.7 Å². The van der Waals surface area contributed by atoms with Gasteiger partial charge in [-0.1, -0.05) is 40.2 Å². The largest absolute Gasteiger partial charge is 0.493 e. The molecule has 0 aliphatic heterocycles. The molecule has 5 nitrogen and oxygen atoms in total. The van der Waals surface area contributed by atoms with E-state index >= 15 is 0 Å². The highest BCUT2D eigenvalue weighted by Gasteiger charge is 2.06. The van der Waals surface area contributed by atoms with Crippen LogP contribution in [0.2, 0.25) is 0 Å². The highest BCUT2D eigenvalue weighted by molar-refractivity contribution is 9.10. The average Bonchev–Trinajstić information content (AvgIpc) is 2.53. The molecule has 2 amide bonds. The van der Waals surface area contributed by atoms with Crippen LogP contribution < -0.4 is 15.6 Å². The predicted molar refractivity (Wildman–Crippen MR) is 86.3 cm³/mol. The molecule has 0 atom stereocenters. The third-order valence-electron chi connectivity index (χ3n) is 2.75. The van der Waals surface area contributed by atoms with Gasteiger partial charge in [-0.3, -0.25) is 20.4 Å². The molecule has 0 bridgehead atoms. The number of amides is 2. The molecule has 2 rings (SSSR count). The Morgan fingerprint density at radius 1 is 1.00 bits per heavy atom. The second kappa shape index (κ2) is 8.19. The van der Waals surface area contributed by atoms with Crippen LogP contribution in [0.1, 0.15) is 16.8 Å². The zero-order valence-corrected chi connectivity index (χ0v) is 13.3. The third-order valence-corrected chi connectivity index (χ3v) is 3.24. The molecule has 2 N–H and O–H groups in total. The minimum Gasteiger partial charge on any atom is -0.493 e. The molecule has 0 aliphatic carbocycles. The lowest BCUT2D eigenvalue weighted by atomic mass is 10.2. The van der Waals surface area contributed by atoms with Gasteiger partial charge in [0.2, 0.25) is 5.91 Å². The number of carbonyl (C=O) groups is 2. The molecule has 2 aromatic rings. The summed E-state index contributed by atoms with van der Waals surface area (Å²) in [5, 5.41) is 0. The number of halogens is 1. The van der Waals surface area contributed by atoms with Crippen LogP contribution in [0.3, 0.4) is 0 Å². The van der Waals surface area contributed by atoms with Gasteiger partial charge in [-0.2, -0.15) is 0 Å². The van der Waals surface area contributed by atoms with E-state index in [0.29, 0.717) is 11.3 Å². The van der Waals surface area contributed by atoms with Crippen molar-refractivity contribution in [3.05, 3.63) is 64.6 Å². The zero-order valence-electron chi connectivity index (χ0n) is 11.7. The quantitative estimate of drug-likeness (QED) is 0.803. The van der Waals surface area contributed by atoms with Crippen LogP contribution in [0.4, 0.5) is 0 Å². The van der Waals surface area contributed by atoms with Crippen LogP contribution in [-0.4, -0.2) is 18.4 Å². The molecular weight excluding hydrogens is 348 g/mol. The number of benzene rings is 2. The third kappa shape index (κ3) is 5.21.